The van der Waals surface area contributed by atoms with Crippen LogP contribution in [0.25, 0.3) is 10.9 Å². The molecule has 114 valence electrons. The van der Waals surface area contributed by atoms with E-state index in [1.165, 1.54) is 17.5 Å². The van der Waals surface area contributed by atoms with Crippen molar-refractivity contribution in [1.29, 1.82) is 0 Å². The maximum absolute atomic E-state index is 13.0. The van der Waals surface area contributed by atoms with Crippen molar-refractivity contribution in [3.8, 4) is 11.6 Å². The van der Waals surface area contributed by atoms with Crippen LogP contribution in [-0.2, 0) is 13.5 Å². The van der Waals surface area contributed by atoms with Gasteiger partial charge in [0.2, 0.25) is 5.88 Å². The van der Waals surface area contributed by atoms with Gasteiger partial charge in [-0.25, -0.2) is 4.39 Å². The minimum absolute atomic E-state index is 0.271. The number of aromatic nitrogens is 1. The molecule has 0 fully saturated rings. The van der Waals surface area contributed by atoms with Crippen LogP contribution in [0, 0.1) is 5.82 Å². The van der Waals surface area contributed by atoms with E-state index in [2.05, 4.69) is 12.1 Å². The highest BCUT2D eigenvalue weighted by atomic mass is 19.1. The summed E-state index contributed by atoms with van der Waals surface area (Å²) in [7, 11) is 1.98. The molecule has 0 bridgehead atoms. The van der Waals surface area contributed by atoms with E-state index < -0.39 is 0 Å². The SMILES string of the molecule is Cn1c(Oc2ccc(F)cc2)c(CCCN)c2ccccc21. The normalized spacial score (nSPS) is 11.0. The van der Waals surface area contributed by atoms with Gasteiger partial charge in [0.25, 0.3) is 0 Å². The molecule has 1 heterocycles. The topological polar surface area (TPSA) is 40.2 Å². The summed E-state index contributed by atoms with van der Waals surface area (Å²) >= 11 is 0. The lowest BCUT2D eigenvalue weighted by molar-refractivity contribution is 0.438. The van der Waals surface area contributed by atoms with E-state index in [0.717, 1.165) is 29.8 Å². The summed E-state index contributed by atoms with van der Waals surface area (Å²) in [6, 6.07) is 14.3. The minimum atomic E-state index is -0.271. The fourth-order valence-electron chi connectivity index (χ4n) is 2.71. The van der Waals surface area contributed by atoms with E-state index >= 15 is 0 Å². The van der Waals surface area contributed by atoms with Crippen molar-refractivity contribution in [3.63, 3.8) is 0 Å². The molecule has 0 amide bonds. The summed E-state index contributed by atoms with van der Waals surface area (Å²) in [6.45, 7) is 0.638. The molecule has 2 aromatic carbocycles. The molecule has 0 aliphatic heterocycles. The highest BCUT2D eigenvalue weighted by molar-refractivity contribution is 5.87. The lowest BCUT2D eigenvalue weighted by atomic mass is 10.1. The van der Waals surface area contributed by atoms with Gasteiger partial charge in [0.15, 0.2) is 0 Å². The number of nitrogens with two attached hydrogens (primary N) is 1. The molecule has 0 aliphatic rings. The lowest BCUT2D eigenvalue weighted by Gasteiger charge is -2.10. The Morgan fingerprint density at radius 1 is 1.09 bits per heavy atom. The third kappa shape index (κ3) is 2.70. The Balaban J connectivity index is 2.06. The van der Waals surface area contributed by atoms with Crippen molar-refractivity contribution >= 4 is 10.9 Å². The summed E-state index contributed by atoms with van der Waals surface area (Å²) < 4.78 is 21.1. The Bertz CT molecular complexity index is 778. The Labute approximate surface area is 129 Å². The van der Waals surface area contributed by atoms with Crippen molar-refractivity contribution in [2.45, 2.75) is 12.8 Å². The standard InChI is InChI=1S/C18H19FN2O/c1-21-17-7-3-2-5-15(17)16(6-4-12-20)18(21)22-14-10-8-13(19)9-11-14/h2-3,5,7-11H,4,6,12,20H2,1H3. The number of aryl methyl sites for hydroxylation is 2. The van der Waals surface area contributed by atoms with E-state index in [9.17, 15) is 4.39 Å². The Hall–Kier alpha value is -2.33. The highest BCUT2D eigenvalue weighted by Gasteiger charge is 2.16. The van der Waals surface area contributed by atoms with E-state index in [4.69, 9.17) is 10.5 Å². The van der Waals surface area contributed by atoms with Crippen LogP contribution in [0.1, 0.15) is 12.0 Å². The maximum Gasteiger partial charge on any atom is 0.204 e. The number of nitrogens with zero attached hydrogens (tertiary/aromatic N) is 1. The van der Waals surface area contributed by atoms with Crippen LogP contribution in [0.5, 0.6) is 11.6 Å². The molecular formula is C18H19FN2O. The van der Waals surface area contributed by atoms with Crippen LogP contribution < -0.4 is 10.5 Å². The third-order valence-electron chi connectivity index (χ3n) is 3.81. The predicted molar refractivity (Wildman–Crippen MR) is 86.8 cm³/mol. The van der Waals surface area contributed by atoms with Crippen molar-refractivity contribution in [3.05, 3.63) is 59.9 Å². The smallest absolute Gasteiger partial charge is 0.204 e. The molecule has 0 aliphatic carbocycles. The molecule has 3 nitrogen and oxygen atoms in total. The Morgan fingerprint density at radius 3 is 2.55 bits per heavy atom. The second-order valence-electron chi connectivity index (χ2n) is 5.31. The monoisotopic (exact) mass is 298 g/mol. The molecule has 2 N–H and O–H groups in total. The zero-order valence-corrected chi connectivity index (χ0v) is 12.6. The first-order chi connectivity index (χ1) is 10.7. The quantitative estimate of drug-likeness (QED) is 0.773. The van der Waals surface area contributed by atoms with Crippen LogP contribution in [0.3, 0.4) is 0 Å². The molecule has 22 heavy (non-hydrogen) atoms. The number of rotatable bonds is 5. The molecule has 4 heteroatoms. The molecule has 0 radical (unpaired) electrons. The molecule has 0 spiro atoms. The summed E-state index contributed by atoms with van der Waals surface area (Å²) in [5, 5.41) is 1.18. The molecule has 0 atom stereocenters. The van der Waals surface area contributed by atoms with E-state index in [0.29, 0.717) is 12.3 Å². The number of hydrogen-bond donors (Lipinski definition) is 1. The number of hydrogen-bond acceptors (Lipinski definition) is 2. The zero-order valence-electron chi connectivity index (χ0n) is 12.6. The number of para-hydroxylation sites is 1. The molecule has 0 saturated carbocycles. The average molecular weight is 298 g/mol. The first kappa shape index (κ1) is 14.6. The van der Waals surface area contributed by atoms with E-state index in [1.54, 1.807) is 12.1 Å². The predicted octanol–water partition coefficient (Wildman–Crippen LogP) is 4.00. The van der Waals surface area contributed by atoms with Crippen LogP contribution in [-0.4, -0.2) is 11.1 Å². The van der Waals surface area contributed by atoms with Crippen LogP contribution in [0.2, 0.25) is 0 Å². The number of fused-ring (bicyclic) bond motifs is 1. The van der Waals surface area contributed by atoms with E-state index in [-0.39, 0.29) is 5.82 Å². The summed E-state index contributed by atoms with van der Waals surface area (Å²) in [4.78, 5) is 0. The maximum atomic E-state index is 13.0. The molecule has 0 saturated heterocycles. The number of benzene rings is 2. The Kier molecular flexibility index (Phi) is 4.11. The largest absolute Gasteiger partial charge is 0.441 e. The Morgan fingerprint density at radius 2 is 1.82 bits per heavy atom. The van der Waals surface area contributed by atoms with Crippen LogP contribution >= 0.6 is 0 Å². The van der Waals surface area contributed by atoms with Crippen LogP contribution in [0.15, 0.2) is 48.5 Å². The van der Waals surface area contributed by atoms with Gasteiger partial charge in [-0.05, 0) is 49.7 Å². The van der Waals surface area contributed by atoms with Gasteiger partial charge in [0.05, 0.1) is 5.52 Å². The average Bonchev–Trinajstić information content (AvgIpc) is 2.80. The number of halogens is 1. The van der Waals surface area contributed by atoms with E-state index in [1.807, 2.05) is 23.7 Å². The first-order valence-electron chi connectivity index (χ1n) is 7.40. The van der Waals surface area contributed by atoms with Crippen molar-refractivity contribution < 1.29 is 9.13 Å². The van der Waals surface area contributed by atoms with Crippen molar-refractivity contribution in [2.75, 3.05) is 6.54 Å². The molecule has 1 aromatic heterocycles. The van der Waals surface area contributed by atoms with Gasteiger partial charge in [-0.2, -0.15) is 0 Å². The molecule has 3 aromatic rings. The van der Waals surface area contributed by atoms with Gasteiger partial charge in [0, 0.05) is 18.0 Å². The van der Waals surface area contributed by atoms with Crippen molar-refractivity contribution in [2.24, 2.45) is 12.8 Å². The summed E-state index contributed by atoms with van der Waals surface area (Å²) in [6.07, 6.45) is 1.75. The fourth-order valence-corrected chi connectivity index (χ4v) is 2.71. The summed E-state index contributed by atoms with van der Waals surface area (Å²) in [5.74, 6) is 1.15. The van der Waals surface area contributed by atoms with Gasteiger partial charge >= 0.3 is 0 Å². The van der Waals surface area contributed by atoms with Crippen LogP contribution in [0.4, 0.5) is 4.39 Å². The van der Waals surface area contributed by atoms with Gasteiger partial charge in [-0.15, -0.1) is 0 Å². The zero-order chi connectivity index (χ0) is 15.5. The first-order valence-corrected chi connectivity index (χ1v) is 7.40. The van der Waals surface area contributed by atoms with Gasteiger partial charge in [-0.1, -0.05) is 18.2 Å². The minimum Gasteiger partial charge on any atom is -0.441 e. The third-order valence-corrected chi connectivity index (χ3v) is 3.81. The fraction of sp³-hybridized carbons (Fsp3) is 0.222. The van der Waals surface area contributed by atoms with Gasteiger partial charge in [-0.3, -0.25) is 0 Å². The highest BCUT2D eigenvalue weighted by Crippen LogP contribution is 2.35. The number of ether oxygens (including phenoxy) is 1. The molecule has 0 unspecified atom stereocenters. The van der Waals surface area contributed by atoms with Gasteiger partial charge < -0.3 is 15.0 Å². The summed E-state index contributed by atoms with van der Waals surface area (Å²) in [5.41, 5.74) is 7.92. The lowest BCUT2D eigenvalue weighted by Crippen LogP contribution is -2.02. The van der Waals surface area contributed by atoms with Gasteiger partial charge in [0.1, 0.15) is 11.6 Å². The molecular weight excluding hydrogens is 279 g/mol. The second-order valence-corrected chi connectivity index (χ2v) is 5.31. The van der Waals surface area contributed by atoms with Crippen molar-refractivity contribution in [1.82, 2.24) is 4.57 Å². The second kappa shape index (κ2) is 6.20. The molecule has 3 rings (SSSR count).